The van der Waals surface area contributed by atoms with Crippen LogP contribution < -0.4 is 4.31 Å². The summed E-state index contributed by atoms with van der Waals surface area (Å²) in [7, 11) is -2.26. The van der Waals surface area contributed by atoms with Crippen molar-refractivity contribution in [1.82, 2.24) is 4.98 Å². The first-order valence-corrected chi connectivity index (χ1v) is 8.94. The van der Waals surface area contributed by atoms with Crippen molar-refractivity contribution in [2.75, 3.05) is 11.4 Å². The molecular weight excluding hydrogens is 328 g/mol. The van der Waals surface area contributed by atoms with Crippen molar-refractivity contribution in [2.24, 2.45) is 0 Å². The maximum atomic E-state index is 12.8. The molecule has 0 spiro atoms. The van der Waals surface area contributed by atoms with Crippen LogP contribution in [0.2, 0.25) is 0 Å². The predicted molar refractivity (Wildman–Crippen MR) is 90.4 cm³/mol. The van der Waals surface area contributed by atoms with Gasteiger partial charge in [0.2, 0.25) is 5.09 Å². The van der Waals surface area contributed by atoms with E-state index in [4.69, 9.17) is 8.83 Å². The highest BCUT2D eigenvalue weighted by atomic mass is 32.2. The minimum Gasteiger partial charge on any atom is -0.448 e. The van der Waals surface area contributed by atoms with E-state index >= 15 is 0 Å². The molecule has 0 aliphatic carbocycles. The van der Waals surface area contributed by atoms with E-state index in [-0.39, 0.29) is 5.09 Å². The average Bonchev–Trinajstić information content (AvgIpc) is 3.26. The zero-order valence-electron chi connectivity index (χ0n) is 13.7. The van der Waals surface area contributed by atoms with Gasteiger partial charge in [-0.1, -0.05) is 19.1 Å². The number of nitrogens with zero attached hydrogens (tertiary/aromatic N) is 2. The summed E-state index contributed by atoms with van der Waals surface area (Å²) in [6, 6.07) is 8.64. The number of rotatable bonds is 5. The van der Waals surface area contributed by atoms with Gasteiger partial charge in [-0.2, -0.15) is 8.42 Å². The van der Waals surface area contributed by atoms with Gasteiger partial charge < -0.3 is 8.83 Å². The van der Waals surface area contributed by atoms with Gasteiger partial charge in [-0.25, -0.2) is 4.98 Å². The van der Waals surface area contributed by atoms with Gasteiger partial charge in [-0.05, 0) is 30.7 Å². The zero-order chi connectivity index (χ0) is 17.3. The molecule has 0 unspecified atom stereocenters. The lowest BCUT2D eigenvalue weighted by atomic mass is 10.1. The van der Waals surface area contributed by atoms with Crippen LogP contribution in [0, 0.1) is 6.92 Å². The fourth-order valence-electron chi connectivity index (χ4n) is 2.41. The summed E-state index contributed by atoms with van der Waals surface area (Å²) in [6.45, 7) is 3.76. The van der Waals surface area contributed by atoms with Gasteiger partial charge in [-0.15, -0.1) is 0 Å². The van der Waals surface area contributed by atoms with Crippen molar-refractivity contribution in [3.63, 3.8) is 0 Å². The first-order chi connectivity index (χ1) is 11.4. The number of hydrogen-bond acceptors (Lipinski definition) is 5. The van der Waals surface area contributed by atoms with Crippen LogP contribution in [0.25, 0.3) is 11.3 Å². The molecule has 7 heteroatoms. The van der Waals surface area contributed by atoms with Crippen molar-refractivity contribution in [3.05, 3.63) is 54.2 Å². The Kier molecular flexibility index (Phi) is 4.19. The molecule has 24 heavy (non-hydrogen) atoms. The highest BCUT2D eigenvalue weighted by Gasteiger charge is 2.26. The highest BCUT2D eigenvalue weighted by molar-refractivity contribution is 7.92. The molecule has 0 saturated carbocycles. The van der Waals surface area contributed by atoms with Gasteiger partial charge in [0.05, 0.1) is 11.9 Å². The first kappa shape index (κ1) is 16.3. The summed E-state index contributed by atoms with van der Waals surface area (Å²) in [6.07, 6.45) is 3.56. The molecule has 2 heterocycles. The van der Waals surface area contributed by atoms with Crippen LogP contribution in [0.4, 0.5) is 5.69 Å². The monoisotopic (exact) mass is 346 g/mol. The molecule has 0 aliphatic heterocycles. The highest BCUT2D eigenvalue weighted by Crippen LogP contribution is 2.30. The summed E-state index contributed by atoms with van der Waals surface area (Å²) >= 11 is 0. The van der Waals surface area contributed by atoms with Crippen molar-refractivity contribution in [1.29, 1.82) is 0 Å². The third kappa shape index (κ3) is 2.82. The molecule has 2 aromatic heterocycles. The number of benzene rings is 1. The second-order valence-corrected chi connectivity index (χ2v) is 7.31. The normalized spacial score (nSPS) is 11.6. The maximum absolute atomic E-state index is 12.8. The quantitative estimate of drug-likeness (QED) is 0.705. The molecular formula is C17H18N2O4S. The predicted octanol–water partition coefficient (Wildman–Crippen LogP) is 3.63. The third-order valence-electron chi connectivity index (χ3n) is 3.87. The zero-order valence-corrected chi connectivity index (χ0v) is 14.5. The van der Waals surface area contributed by atoms with E-state index in [0.29, 0.717) is 23.6 Å². The SMILES string of the molecule is CCc1ccc(S(=O)(=O)N(C)c2cc(-c3cnco3)ccc2C)o1. The first-order valence-electron chi connectivity index (χ1n) is 7.50. The number of sulfonamides is 1. The van der Waals surface area contributed by atoms with E-state index in [0.717, 1.165) is 11.1 Å². The van der Waals surface area contributed by atoms with E-state index < -0.39 is 10.0 Å². The van der Waals surface area contributed by atoms with Crippen LogP contribution in [-0.4, -0.2) is 20.4 Å². The van der Waals surface area contributed by atoms with Crippen molar-refractivity contribution < 1.29 is 17.3 Å². The second-order valence-electron chi connectivity index (χ2n) is 5.41. The molecule has 3 rings (SSSR count). The molecule has 0 N–H and O–H groups in total. The Morgan fingerprint density at radius 3 is 2.62 bits per heavy atom. The minimum absolute atomic E-state index is 0.0636. The third-order valence-corrected chi connectivity index (χ3v) is 5.51. The van der Waals surface area contributed by atoms with Crippen LogP contribution in [0.5, 0.6) is 0 Å². The van der Waals surface area contributed by atoms with Crippen molar-refractivity contribution >= 4 is 15.7 Å². The van der Waals surface area contributed by atoms with E-state index in [1.54, 1.807) is 18.3 Å². The Morgan fingerprint density at radius 2 is 2.00 bits per heavy atom. The van der Waals surface area contributed by atoms with E-state index in [1.165, 1.54) is 23.8 Å². The molecule has 0 fully saturated rings. The Hall–Kier alpha value is -2.54. The fourth-order valence-corrected chi connectivity index (χ4v) is 3.59. The van der Waals surface area contributed by atoms with Crippen LogP contribution in [-0.2, 0) is 16.4 Å². The minimum atomic E-state index is -3.77. The number of anilines is 1. The Labute approximate surface area is 140 Å². The smallest absolute Gasteiger partial charge is 0.297 e. The Morgan fingerprint density at radius 1 is 1.21 bits per heavy atom. The summed E-state index contributed by atoms with van der Waals surface area (Å²) in [5.74, 6) is 1.21. The fraction of sp³-hybridized carbons (Fsp3) is 0.235. The topological polar surface area (TPSA) is 76.6 Å². The number of aromatic nitrogens is 1. The lowest BCUT2D eigenvalue weighted by Gasteiger charge is -2.20. The summed E-state index contributed by atoms with van der Waals surface area (Å²) in [5, 5.41) is -0.0636. The maximum Gasteiger partial charge on any atom is 0.297 e. The van der Waals surface area contributed by atoms with Gasteiger partial charge in [-0.3, -0.25) is 4.31 Å². The summed E-state index contributed by atoms with van der Waals surface area (Å²) < 4.78 is 37.5. The molecule has 0 amide bonds. The lowest BCUT2D eigenvalue weighted by Crippen LogP contribution is -2.26. The Bertz CT molecular complexity index is 943. The van der Waals surface area contributed by atoms with Crippen LogP contribution in [0.3, 0.4) is 0 Å². The molecule has 1 aromatic carbocycles. The molecule has 6 nitrogen and oxygen atoms in total. The molecule has 0 aliphatic rings. The van der Waals surface area contributed by atoms with E-state index in [9.17, 15) is 8.42 Å². The summed E-state index contributed by atoms with van der Waals surface area (Å²) in [4.78, 5) is 3.89. The molecule has 3 aromatic rings. The molecule has 0 bridgehead atoms. The number of oxazole rings is 1. The van der Waals surface area contributed by atoms with Crippen LogP contribution in [0.1, 0.15) is 18.2 Å². The largest absolute Gasteiger partial charge is 0.448 e. The van der Waals surface area contributed by atoms with Gasteiger partial charge in [0.15, 0.2) is 12.2 Å². The van der Waals surface area contributed by atoms with E-state index in [1.807, 2.05) is 26.0 Å². The molecule has 0 atom stereocenters. The van der Waals surface area contributed by atoms with Crippen LogP contribution in [0.15, 0.2) is 56.8 Å². The average molecular weight is 346 g/mol. The van der Waals surface area contributed by atoms with Gasteiger partial charge >= 0.3 is 0 Å². The van der Waals surface area contributed by atoms with Crippen LogP contribution >= 0.6 is 0 Å². The van der Waals surface area contributed by atoms with Gasteiger partial charge in [0.25, 0.3) is 10.0 Å². The van der Waals surface area contributed by atoms with Crippen molar-refractivity contribution in [3.8, 4) is 11.3 Å². The Balaban J connectivity index is 2.02. The summed E-state index contributed by atoms with van der Waals surface area (Å²) in [5.41, 5.74) is 2.13. The van der Waals surface area contributed by atoms with E-state index in [2.05, 4.69) is 4.98 Å². The lowest BCUT2D eigenvalue weighted by molar-refractivity contribution is 0.417. The standard InChI is InChI=1S/C17H18N2O4S/c1-4-14-7-8-17(23-14)24(20,21)19(3)15-9-13(6-5-12(15)2)16-10-18-11-22-16/h5-11H,4H2,1-3H3. The number of hydrogen-bond donors (Lipinski definition) is 0. The molecule has 0 radical (unpaired) electrons. The molecule has 126 valence electrons. The van der Waals surface area contributed by atoms with Crippen molar-refractivity contribution in [2.45, 2.75) is 25.4 Å². The second kappa shape index (κ2) is 6.16. The molecule has 0 saturated heterocycles. The van der Waals surface area contributed by atoms with Gasteiger partial charge in [0, 0.05) is 19.0 Å². The van der Waals surface area contributed by atoms with Gasteiger partial charge in [0.1, 0.15) is 5.76 Å². The number of furan rings is 1. The number of aryl methyl sites for hydroxylation is 2.